The van der Waals surface area contributed by atoms with E-state index in [0.29, 0.717) is 22.9 Å². The van der Waals surface area contributed by atoms with Crippen molar-refractivity contribution in [3.05, 3.63) is 72.0 Å². The van der Waals surface area contributed by atoms with E-state index >= 15 is 0 Å². The maximum absolute atomic E-state index is 4.25. The first-order chi connectivity index (χ1) is 10.3. The molecule has 104 valence electrons. The first kappa shape index (κ1) is 14.5. The summed E-state index contributed by atoms with van der Waals surface area (Å²) in [6.07, 6.45) is 5.17. The third-order valence-corrected chi connectivity index (χ3v) is 2.54. The molecule has 0 radical (unpaired) electrons. The Morgan fingerprint density at radius 3 is 2.19 bits per heavy atom. The highest BCUT2D eigenvalue weighted by Gasteiger charge is 2.04. The van der Waals surface area contributed by atoms with Crippen molar-refractivity contribution >= 4 is 11.5 Å². The van der Waals surface area contributed by atoms with Gasteiger partial charge in [0.15, 0.2) is 11.5 Å². The van der Waals surface area contributed by atoms with Gasteiger partial charge in [-0.3, -0.25) is 15.0 Å². The third-order valence-electron chi connectivity index (χ3n) is 2.54. The minimum atomic E-state index is 0.460. The number of azo groups is 1. The maximum atomic E-state index is 4.25. The van der Waals surface area contributed by atoms with Crippen LogP contribution in [0.25, 0.3) is 5.70 Å². The highest BCUT2D eigenvalue weighted by Crippen LogP contribution is 2.12. The summed E-state index contributed by atoms with van der Waals surface area (Å²) in [6.45, 7) is 1.87. The quantitative estimate of drug-likeness (QED) is 0.373. The Hall–Kier alpha value is -2.91. The smallest absolute Gasteiger partial charge is 0.195 e. The van der Waals surface area contributed by atoms with Crippen LogP contribution in [0.4, 0.5) is 0 Å². The second-order valence-corrected chi connectivity index (χ2v) is 3.96. The fourth-order valence-corrected chi connectivity index (χ4v) is 1.60. The molecule has 2 rings (SSSR count). The number of hydrogen-bond acceptors (Lipinski definition) is 4. The van der Waals surface area contributed by atoms with Crippen LogP contribution in [-0.2, 0) is 0 Å². The molecule has 0 spiro atoms. The number of hydrogen-bond donors (Lipinski definition) is 0. The summed E-state index contributed by atoms with van der Waals surface area (Å²) in [4.78, 5) is 12.6. The zero-order chi connectivity index (χ0) is 14.9. The predicted octanol–water partition coefficient (Wildman–Crippen LogP) is 3.52. The number of aromatic nitrogens is 2. The molecule has 0 aromatic carbocycles. The Morgan fingerprint density at radius 2 is 1.67 bits per heavy atom. The molecule has 0 fully saturated rings. The lowest BCUT2D eigenvalue weighted by atomic mass is 10.3. The Labute approximate surface area is 123 Å². The van der Waals surface area contributed by atoms with Crippen LogP contribution >= 0.6 is 0 Å². The molecule has 0 aliphatic rings. The van der Waals surface area contributed by atoms with Crippen LogP contribution in [0.2, 0.25) is 0 Å². The van der Waals surface area contributed by atoms with Gasteiger partial charge in [0, 0.05) is 19.4 Å². The van der Waals surface area contributed by atoms with Gasteiger partial charge in [-0.15, -0.1) is 10.2 Å². The number of allylic oxidation sites excluding steroid dienone is 1. The molecule has 0 saturated heterocycles. The van der Waals surface area contributed by atoms with Crippen LogP contribution in [-0.4, -0.2) is 22.9 Å². The van der Waals surface area contributed by atoms with Crippen molar-refractivity contribution in [2.75, 3.05) is 7.05 Å². The third kappa shape index (κ3) is 4.03. The van der Waals surface area contributed by atoms with Gasteiger partial charge in [-0.1, -0.05) is 17.9 Å². The summed E-state index contributed by atoms with van der Waals surface area (Å²) >= 11 is 0. The highest BCUT2D eigenvalue weighted by atomic mass is 15.2. The van der Waals surface area contributed by atoms with E-state index in [1.54, 1.807) is 25.5 Å². The molecule has 5 nitrogen and oxygen atoms in total. The predicted molar refractivity (Wildman–Crippen MR) is 83.0 cm³/mol. The second-order valence-electron chi connectivity index (χ2n) is 3.96. The molecule has 0 amide bonds. The Bertz CT molecular complexity index is 696. The molecule has 0 unspecified atom stereocenters. The van der Waals surface area contributed by atoms with Gasteiger partial charge in [0.05, 0.1) is 5.69 Å². The van der Waals surface area contributed by atoms with Crippen LogP contribution < -0.4 is 0 Å². The normalized spacial score (nSPS) is 11.2. The summed E-state index contributed by atoms with van der Waals surface area (Å²) < 4.78 is 0. The van der Waals surface area contributed by atoms with E-state index in [1.807, 2.05) is 43.3 Å². The van der Waals surface area contributed by atoms with Crippen LogP contribution in [0.15, 0.2) is 75.8 Å². The van der Waals surface area contributed by atoms with Gasteiger partial charge in [0.25, 0.3) is 0 Å². The number of nitrogens with zero attached hydrogens (tertiary/aromatic N) is 5. The molecule has 5 heteroatoms. The molecular formula is C16H15N5. The van der Waals surface area contributed by atoms with Gasteiger partial charge in [-0.2, -0.15) is 0 Å². The summed E-state index contributed by atoms with van der Waals surface area (Å²) in [5.41, 5.74) is 4.95. The average molecular weight is 277 g/mol. The zero-order valence-corrected chi connectivity index (χ0v) is 11.9. The van der Waals surface area contributed by atoms with E-state index in [9.17, 15) is 0 Å². The van der Waals surface area contributed by atoms with Crippen LogP contribution in [0.1, 0.15) is 18.3 Å². The van der Waals surface area contributed by atoms with E-state index < -0.39 is 0 Å². The first-order valence-corrected chi connectivity index (χ1v) is 6.48. The summed E-state index contributed by atoms with van der Waals surface area (Å²) in [5.74, 6) is 0.460. The fraction of sp³-hybridized carbons (Fsp3) is 0.125. The van der Waals surface area contributed by atoms with Crippen LogP contribution in [0, 0.1) is 0 Å². The van der Waals surface area contributed by atoms with Crippen molar-refractivity contribution in [3.63, 3.8) is 0 Å². The van der Waals surface area contributed by atoms with Crippen LogP contribution in [0.5, 0.6) is 0 Å². The number of rotatable bonds is 3. The summed E-state index contributed by atoms with van der Waals surface area (Å²) in [5, 5.41) is 8.36. The van der Waals surface area contributed by atoms with Gasteiger partial charge < -0.3 is 0 Å². The minimum Gasteiger partial charge on any atom is -0.267 e. The van der Waals surface area contributed by atoms with E-state index in [0.717, 1.165) is 0 Å². The summed E-state index contributed by atoms with van der Waals surface area (Å²) in [6, 6.07) is 11.1. The maximum Gasteiger partial charge on any atom is 0.195 e. The molecule has 0 aliphatic carbocycles. The molecule has 0 saturated carbocycles. The van der Waals surface area contributed by atoms with Gasteiger partial charge in [0.2, 0.25) is 0 Å². The fourth-order valence-electron chi connectivity index (χ4n) is 1.60. The molecule has 0 N–H and O–H groups in total. The standard InChI is InChI=1S/C16H15N5/c1-3-8-14(13-9-4-6-11-18-13)20-21-16(17-2)15-10-5-7-12-19-15/h3-7,9-12H,1-2H3. The molecule has 21 heavy (non-hydrogen) atoms. The second kappa shape index (κ2) is 7.62. The van der Waals surface area contributed by atoms with Gasteiger partial charge >= 0.3 is 0 Å². The molecule has 2 aromatic heterocycles. The van der Waals surface area contributed by atoms with Gasteiger partial charge in [-0.05, 0) is 37.3 Å². The Morgan fingerprint density at radius 1 is 1.00 bits per heavy atom. The van der Waals surface area contributed by atoms with Gasteiger partial charge in [0.1, 0.15) is 5.69 Å². The molecule has 0 atom stereocenters. The first-order valence-electron chi connectivity index (χ1n) is 6.48. The minimum absolute atomic E-state index is 0.460. The zero-order valence-electron chi connectivity index (χ0n) is 11.9. The molecule has 0 aliphatic heterocycles. The van der Waals surface area contributed by atoms with Crippen molar-refractivity contribution in [1.29, 1.82) is 0 Å². The van der Waals surface area contributed by atoms with Crippen molar-refractivity contribution in [2.24, 2.45) is 15.2 Å². The Balaban J connectivity index is 2.31. The highest BCUT2D eigenvalue weighted by molar-refractivity contribution is 5.97. The van der Waals surface area contributed by atoms with Gasteiger partial charge in [-0.25, -0.2) is 0 Å². The SMILES string of the molecule is CC=C=C(N=NC(=NC)c1ccccn1)c1ccccn1. The van der Waals surface area contributed by atoms with Crippen molar-refractivity contribution < 1.29 is 0 Å². The number of aliphatic imine (C=N–C) groups is 1. The summed E-state index contributed by atoms with van der Waals surface area (Å²) in [7, 11) is 1.66. The Kier molecular flexibility index (Phi) is 5.26. The molecular weight excluding hydrogens is 262 g/mol. The molecule has 0 bridgehead atoms. The average Bonchev–Trinajstić information content (AvgIpc) is 2.56. The monoisotopic (exact) mass is 277 g/mol. The van der Waals surface area contributed by atoms with E-state index in [1.165, 1.54) is 0 Å². The van der Waals surface area contributed by atoms with E-state index in [4.69, 9.17) is 0 Å². The van der Waals surface area contributed by atoms with Crippen molar-refractivity contribution in [3.8, 4) is 0 Å². The van der Waals surface area contributed by atoms with Crippen LogP contribution in [0.3, 0.4) is 0 Å². The molecule has 2 heterocycles. The largest absolute Gasteiger partial charge is 0.267 e. The lowest BCUT2D eigenvalue weighted by Gasteiger charge is -1.99. The molecule has 2 aromatic rings. The van der Waals surface area contributed by atoms with E-state index in [2.05, 4.69) is 30.9 Å². The van der Waals surface area contributed by atoms with E-state index in [-0.39, 0.29) is 0 Å². The van der Waals surface area contributed by atoms with Crippen molar-refractivity contribution in [1.82, 2.24) is 9.97 Å². The lowest BCUT2D eigenvalue weighted by Crippen LogP contribution is -1.99. The van der Waals surface area contributed by atoms with Crippen molar-refractivity contribution in [2.45, 2.75) is 6.92 Å². The number of amidine groups is 1. The number of pyridine rings is 2. The lowest BCUT2D eigenvalue weighted by molar-refractivity contribution is 1.17. The topological polar surface area (TPSA) is 62.9 Å².